The molecule has 1 amide bonds. The predicted molar refractivity (Wildman–Crippen MR) is 103 cm³/mol. The number of amides is 1. The summed E-state index contributed by atoms with van der Waals surface area (Å²) in [5.74, 6) is -0.206. The quantitative estimate of drug-likeness (QED) is 0.615. The fourth-order valence-electron chi connectivity index (χ4n) is 3.87. The maximum Gasteiger partial charge on any atom is 0.270 e. The van der Waals surface area contributed by atoms with E-state index in [1.54, 1.807) is 11.1 Å². The van der Waals surface area contributed by atoms with Crippen LogP contribution in [0.2, 0.25) is 0 Å². The highest BCUT2D eigenvalue weighted by Gasteiger charge is 2.26. The van der Waals surface area contributed by atoms with Crippen molar-refractivity contribution in [3.8, 4) is 6.07 Å². The summed E-state index contributed by atoms with van der Waals surface area (Å²) >= 11 is 0. The molecule has 0 atom stereocenters. The zero-order chi connectivity index (χ0) is 17.9. The standard InChI is InChI=1S/C22H21N3O/c23-15-19(16-24-13-5-9-17-7-1-3-11-20(17)24)22(26)25-14-6-10-18-8-2-4-12-21(18)25/h1-4,7-8,11-12,16H,5-6,9-10,13-14H2/b19-16-. The van der Waals surface area contributed by atoms with Gasteiger partial charge in [-0.15, -0.1) is 0 Å². The van der Waals surface area contributed by atoms with E-state index in [1.807, 2.05) is 35.2 Å². The molecule has 2 aliphatic rings. The first-order valence-electron chi connectivity index (χ1n) is 9.14. The van der Waals surface area contributed by atoms with Gasteiger partial charge in [0.15, 0.2) is 0 Å². The Hall–Kier alpha value is -3.06. The van der Waals surface area contributed by atoms with Crippen molar-refractivity contribution in [1.29, 1.82) is 5.26 Å². The monoisotopic (exact) mass is 343 g/mol. The first-order chi connectivity index (χ1) is 12.8. The van der Waals surface area contributed by atoms with E-state index in [4.69, 9.17) is 0 Å². The van der Waals surface area contributed by atoms with Crippen molar-refractivity contribution in [3.05, 3.63) is 71.4 Å². The van der Waals surface area contributed by atoms with Gasteiger partial charge in [-0.2, -0.15) is 5.26 Å². The van der Waals surface area contributed by atoms with Gasteiger partial charge in [-0.05, 0) is 48.9 Å². The van der Waals surface area contributed by atoms with Crippen LogP contribution in [0.15, 0.2) is 60.3 Å². The molecule has 4 heteroatoms. The van der Waals surface area contributed by atoms with Gasteiger partial charge in [0.05, 0.1) is 0 Å². The van der Waals surface area contributed by atoms with E-state index in [2.05, 4.69) is 24.3 Å². The van der Waals surface area contributed by atoms with E-state index in [0.29, 0.717) is 6.54 Å². The number of nitriles is 1. The third-order valence-electron chi connectivity index (χ3n) is 5.14. The topological polar surface area (TPSA) is 47.3 Å². The number of para-hydroxylation sites is 2. The third kappa shape index (κ3) is 2.97. The number of carbonyl (C=O) groups excluding carboxylic acids is 1. The van der Waals surface area contributed by atoms with Crippen molar-refractivity contribution >= 4 is 17.3 Å². The van der Waals surface area contributed by atoms with E-state index >= 15 is 0 Å². The minimum Gasteiger partial charge on any atom is -0.346 e. The lowest BCUT2D eigenvalue weighted by Crippen LogP contribution is -2.37. The summed E-state index contributed by atoms with van der Waals surface area (Å²) in [6, 6.07) is 18.3. The average molecular weight is 343 g/mol. The van der Waals surface area contributed by atoms with Gasteiger partial charge < -0.3 is 9.80 Å². The Morgan fingerprint density at radius 2 is 1.54 bits per heavy atom. The van der Waals surface area contributed by atoms with Crippen molar-refractivity contribution in [3.63, 3.8) is 0 Å². The molecule has 0 spiro atoms. The Bertz CT molecular complexity index is 910. The molecule has 0 unspecified atom stereocenters. The average Bonchev–Trinajstić information content (AvgIpc) is 2.71. The largest absolute Gasteiger partial charge is 0.346 e. The molecule has 2 aliphatic heterocycles. The highest BCUT2D eigenvalue weighted by molar-refractivity contribution is 6.09. The van der Waals surface area contributed by atoms with Crippen LogP contribution in [0.3, 0.4) is 0 Å². The van der Waals surface area contributed by atoms with E-state index in [1.165, 1.54) is 11.1 Å². The van der Waals surface area contributed by atoms with Crippen LogP contribution < -0.4 is 9.80 Å². The van der Waals surface area contributed by atoms with E-state index < -0.39 is 0 Å². The molecule has 26 heavy (non-hydrogen) atoms. The Morgan fingerprint density at radius 1 is 0.923 bits per heavy atom. The van der Waals surface area contributed by atoms with Crippen LogP contribution in [0.25, 0.3) is 0 Å². The second kappa shape index (κ2) is 7.05. The van der Waals surface area contributed by atoms with Crippen LogP contribution >= 0.6 is 0 Å². The minimum atomic E-state index is -0.206. The van der Waals surface area contributed by atoms with Crippen LogP contribution in [-0.4, -0.2) is 19.0 Å². The van der Waals surface area contributed by atoms with Gasteiger partial charge in [-0.25, -0.2) is 0 Å². The van der Waals surface area contributed by atoms with Gasteiger partial charge >= 0.3 is 0 Å². The van der Waals surface area contributed by atoms with Crippen LogP contribution in [0.5, 0.6) is 0 Å². The van der Waals surface area contributed by atoms with Gasteiger partial charge in [-0.1, -0.05) is 36.4 Å². The summed E-state index contributed by atoms with van der Waals surface area (Å²) in [5.41, 5.74) is 4.66. The van der Waals surface area contributed by atoms with Crippen LogP contribution in [0.1, 0.15) is 24.0 Å². The molecule has 4 rings (SSSR count). The van der Waals surface area contributed by atoms with Gasteiger partial charge in [0, 0.05) is 30.7 Å². The maximum absolute atomic E-state index is 13.1. The molecule has 2 aromatic carbocycles. The molecular weight excluding hydrogens is 322 g/mol. The molecule has 0 saturated heterocycles. The summed E-state index contributed by atoms with van der Waals surface area (Å²) in [6.07, 6.45) is 5.69. The Balaban J connectivity index is 1.66. The number of rotatable bonds is 2. The lowest BCUT2D eigenvalue weighted by molar-refractivity contribution is -0.114. The Morgan fingerprint density at radius 3 is 2.27 bits per heavy atom. The molecule has 0 fully saturated rings. The van der Waals surface area contributed by atoms with Crippen molar-refractivity contribution in [2.45, 2.75) is 25.7 Å². The molecule has 0 saturated carbocycles. The summed E-state index contributed by atoms with van der Waals surface area (Å²) in [7, 11) is 0. The fraction of sp³-hybridized carbons (Fsp3) is 0.273. The molecule has 2 heterocycles. The van der Waals surface area contributed by atoms with Crippen LogP contribution in [0.4, 0.5) is 11.4 Å². The second-order valence-corrected chi connectivity index (χ2v) is 6.77. The number of anilines is 2. The molecular formula is C22H21N3O. The Kier molecular flexibility index (Phi) is 4.45. The predicted octanol–water partition coefficient (Wildman–Crippen LogP) is 3.83. The van der Waals surface area contributed by atoms with Crippen LogP contribution in [-0.2, 0) is 17.6 Å². The smallest absolute Gasteiger partial charge is 0.270 e. The summed E-state index contributed by atoms with van der Waals surface area (Å²) < 4.78 is 0. The molecule has 0 aromatic heterocycles. The van der Waals surface area contributed by atoms with Gasteiger partial charge in [0.2, 0.25) is 0 Å². The second-order valence-electron chi connectivity index (χ2n) is 6.77. The van der Waals surface area contributed by atoms with Gasteiger partial charge in [-0.3, -0.25) is 4.79 Å². The molecule has 2 aromatic rings. The van der Waals surface area contributed by atoms with Gasteiger partial charge in [0.1, 0.15) is 11.6 Å². The fourth-order valence-corrected chi connectivity index (χ4v) is 3.87. The zero-order valence-corrected chi connectivity index (χ0v) is 14.7. The van der Waals surface area contributed by atoms with Crippen molar-refractivity contribution in [2.24, 2.45) is 0 Å². The van der Waals surface area contributed by atoms with Crippen molar-refractivity contribution < 1.29 is 4.79 Å². The molecule has 0 radical (unpaired) electrons. The molecule has 130 valence electrons. The SMILES string of the molecule is N#C/C(=C/N1CCCc2ccccc21)C(=O)N1CCCc2ccccc21. The summed E-state index contributed by atoms with van der Waals surface area (Å²) in [6.45, 7) is 1.48. The highest BCUT2D eigenvalue weighted by atomic mass is 16.2. The summed E-state index contributed by atoms with van der Waals surface area (Å²) in [5, 5.41) is 9.66. The van der Waals surface area contributed by atoms with Crippen LogP contribution in [0, 0.1) is 11.3 Å². The number of benzene rings is 2. The highest BCUT2D eigenvalue weighted by Crippen LogP contribution is 2.30. The van der Waals surface area contributed by atoms with E-state index in [0.717, 1.165) is 43.6 Å². The number of nitrogens with zero attached hydrogens (tertiary/aromatic N) is 3. The number of fused-ring (bicyclic) bond motifs is 2. The normalized spacial score (nSPS) is 16.5. The first-order valence-corrected chi connectivity index (χ1v) is 9.14. The number of hydrogen-bond acceptors (Lipinski definition) is 3. The Labute approximate surface area is 154 Å². The molecule has 4 nitrogen and oxygen atoms in total. The lowest BCUT2D eigenvalue weighted by Gasteiger charge is -2.31. The molecule has 0 N–H and O–H groups in total. The minimum absolute atomic E-state index is 0.193. The van der Waals surface area contributed by atoms with Crippen molar-refractivity contribution in [2.75, 3.05) is 22.9 Å². The van der Waals surface area contributed by atoms with E-state index in [9.17, 15) is 10.1 Å². The number of aryl methyl sites for hydroxylation is 2. The lowest BCUT2D eigenvalue weighted by atomic mass is 10.0. The maximum atomic E-state index is 13.1. The zero-order valence-electron chi connectivity index (χ0n) is 14.7. The third-order valence-corrected chi connectivity index (χ3v) is 5.14. The van der Waals surface area contributed by atoms with Crippen molar-refractivity contribution in [1.82, 2.24) is 0 Å². The summed E-state index contributed by atoms with van der Waals surface area (Å²) in [4.78, 5) is 16.9. The molecule has 0 bridgehead atoms. The molecule has 0 aliphatic carbocycles. The van der Waals surface area contributed by atoms with E-state index in [-0.39, 0.29) is 11.5 Å². The number of hydrogen-bond donors (Lipinski definition) is 0. The first kappa shape index (κ1) is 16.4. The number of carbonyl (C=O) groups is 1. The van der Waals surface area contributed by atoms with Gasteiger partial charge in [0.25, 0.3) is 5.91 Å².